The van der Waals surface area contributed by atoms with Crippen LogP contribution < -0.4 is 10.5 Å². The number of hydrogen-bond acceptors (Lipinski definition) is 4. The first kappa shape index (κ1) is 15.0. The molecule has 1 aromatic carbocycles. The van der Waals surface area contributed by atoms with Crippen molar-refractivity contribution in [2.45, 2.75) is 11.1 Å². The van der Waals surface area contributed by atoms with Crippen molar-refractivity contribution in [2.75, 3.05) is 4.72 Å². The van der Waals surface area contributed by atoms with Gasteiger partial charge in [0.05, 0.1) is 16.9 Å². The number of thiocarbonyl (C=S) groups is 1. The molecule has 0 aliphatic rings. The van der Waals surface area contributed by atoms with E-state index in [1.165, 1.54) is 11.3 Å². The minimum atomic E-state index is -3.62. The largest absolute Gasteiger partial charge is 0.388 e. The number of thiophene rings is 1. The van der Waals surface area contributed by atoms with E-state index < -0.39 is 10.0 Å². The fourth-order valence-electron chi connectivity index (χ4n) is 2.20. The van der Waals surface area contributed by atoms with Crippen molar-refractivity contribution < 1.29 is 8.42 Å². The molecule has 2 heterocycles. The standard InChI is InChI=1S/C14H13N3O2S3/c1-8-5-6-21-14(8)22(18,19)17-10-4-2-3-9-7-11(13(15)20)16-12(9)10/h2-7,16-17H,1H3,(H2,15,20). The normalized spacial score (nSPS) is 11.7. The van der Waals surface area contributed by atoms with Crippen LogP contribution in [0.25, 0.3) is 10.9 Å². The summed E-state index contributed by atoms with van der Waals surface area (Å²) in [6.45, 7) is 1.77. The zero-order valence-electron chi connectivity index (χ0n) is 11.6. The third-order valence-corrected chi connectivity index (χ3v) is 6.50. The Morgan fingerprint density at radius 2 is 2.14 bits per heavy atom. The number of aromatic nitrogens is 1. The maximum atomic E-state index is 12.5. The molecule has 0 saturated heterocycles. The number of H-pyrrole nitrogens is 1. The maximum absolute atomic E-state index is 12.5. The summed E-state index contributed by atoms with van der Waals surface area (Å²) in [5, 5.41) is 2.59. The smallest absolute Gasteiger partial charge is 0.271 e. The number of benzene rings is 1. The van der Waals surface area contributed by atoms with Gasteiger partial charge in [-0.25, -0.2) is 8.42 Å². The van der Waals surface area contributed by atoms with Crippen molar-refractivity contribution in [3.8, 4) is 0 Å². The van der Waals surface area contributed by atoms with Crippen molar-refractivity contribution in [1.82, 2.24) is 4.98 Å². The van der Waals surface area contributed by atoms with Crippen LogP contribution in [-0.2, 0) is 10.0 Å². The average molecular weight is 351 g/mol. The molecule has 0 saturated carbocycles. The highest BCUT2D eigenvalue weighted by atomic mass is 32.2. The van der Waals surface area contributed by atoms with Gasteiger partial charge in [0.2, 0.25) is 0 Å². The number of rotatable bonds is 4. The van der Waals surface area contributed by atoms with Crippen LogP contribution >= 0.6 is 23.6 Å². The van der Waals surface area contributed by atoms with Crippen molar-refractivity contribution in [2.24, 2.45) is 5.73 Å². The van der Waals surface area contributed by atoms with E-state index in [1.54, 1.807) is 36.6 Å². The molecule has 8 heteroatoms. The number of sulfonamides is 1. The van der Waals surface area contributed by atoms with Gasteiger partial charge in [0, 0.05) is 5.39 Å². The molecule has 2 aromatic heterocycles. The highest BCUT2D eigenvalue weighted by Gasteiger charge is 2.20. The predicted molar refractivity (Wildman–Crippen MR) is 94.1 cm³/mol. The minimum Gasteiger partial charge on any atom is -0.388 e. The lowest BCUT2D eigenvalue weighted by atomic mass is 10.2. The van der Waals surface area contributed by atoms with Crippen LogP contribution in [-0.4, -0.2) is 18.4 Å². The van der Waals surface area contributed by atoms with Gasteiger partial charge in [0.1, 0.15) is 9.20 Å². The number of fused-ring (bicyclic) bond motifs is 1. The van der Waals surface area contributed by atoms with Gasteiger partial charge in [-0.1, -0.05) is 24.4 Å². The highest BCUT2D eigenvalue weighted by molar-refractivity contribution is 7.94. The molecule has 3 rings (SSSR count). The summed E-state index contributed by atoms with van der Waals surface area (Å²) in [7, 11) is -3.62. The van der Waals surface area contributed by atoms with Gasteiger partial charge in [0.15, 0.2) is 0 Å². The molecule has 5 nitrogen and oxygen atoms in total. The molecule has 22 heavy (non-hydrogen) atoms. The topological polar surface area (TPSA) is 88.0 Å². The van der Waals surface area contributed by atoms with E-state index in [9.17, 15) is 8.42 Å². The average Bonchev–Trinajstić information content (AvgIpc) is 3.05. The second-order valence-corrected chi connectivity index (χ2v) is 8.05. The van der Waals surface area contributed by atoms with Crippen LogP contribution in [0.2, 0.25) is 0 Å². The summed E-state index contributed by atoms with van der Waals surface area (Å²) in [5.74, 6) is 0. The van der Waals surface area contributed by atoms with Gasteiger partial charge in [-0.2, -0.15) is 0 Å². The first-order valence-corrected chi connectivity index (χ1v) is 9.14. The van der Waals surface area contributed by atoms with E-state index in [0.29, 0.717) is 21.1 Å². The Hall–Kier alpha value is -1.90. The van der Waals surface area contributed by atoms with Crippen LogP contribution in [0.1, 0.15) is 11.3 Å². The van der Waals surface area contributed by atoms with Gasteiger partial charge in [-0.15, -0.1) is 11.3 Å². The Bertz CT molecular complexity index is 970. The second-order valence-electron chi connectivity index (χ2n) is 4.81. The Morgan fingerprint density at radius 1 is 1.36 bits per heavy atom. The monoisotopic (exact) mass is 351 g/mol. The summed E-state index contributed by atoms with van der Waals surface area (Å²) in [5.41, 5.74) is 8.06. The Morgan fingerprint density at radius 3 is 2.77 bits per heavy atom. The number of para-hydroxylation sites is 1. The van der Waals surface area contributed by atoms with Gasteiger partial charge < -0.3 is 10.7 Å². The van der Waals surface area contributed by atoms with E-state index in [0.717, 1.165) is 10.9 Å². The quantitative estimate of drug-likeness (QED) is 0.631. The third kappa shape index (κ3) is 2.60. The first-order chi connectivity index (χ1) is 10.4. The Kier molecular flexibility index (Phi) is 3.67. The van der Waals surface area contributed by atoms with Gasteiger partial charge in [0.25, 0.3) is 10.0 Å². The van der Waals surface area contributed by atoms with E-state index in [-0.39, 0.29) is 4.99 Å². The lowest BCUT2D eigenvalue weighted by molar-refractivity contribution is 0.603. The molecular weight excluding hydrogens is 338 g/mol. The summed E-state index contributed by atoms with van der Waals surface area (Å²) in [6.07, 6.45) is 0. The molecule has 0 amide bonds. The summed E-state index contributed by atoms with van der Waals surface area (Å²) in [6, 6.07) is 8.91. The van der Waals surface area contributed by atoms with Crippen LogP contribution in [0.15, 0.2) is 39.9 Å². The number of anilines is 1. The number of hydrogen-bond donors (Lipinski definition) is 3. The van der Waals surface area contributed by atoms with Gasteiger partial charge >= 0.3 is 0 Å². The summed E-state index contributed by atoms with van der Waals surface area (Å²) >= 11 is 6.14. The van der Waals surface area contributed by atoms with Crippen molar-refractivity contribution >= 4 is 55.2 Å². The number of nitrogens with two attached hydrogens (primary N) is 1. The Balaban J connectivity index is 2.08. The first-order valence-electron chi connectivity index (χ1n) is 6.37. The summed E-state index contributed by atoms with van der Waals surface area (Å²) in [4.78, 5) is 3.29. The number of aromatic amines is 1. The number of nitrogens with one attached hydrogen (secondary N) is 2. The number of aryl methyl sites for hydroxylation is 1. The van der Waals surface area contributed by atoms with Crippen molar-refractivity contribution in [3.63, 3.8) is 0 Å². The molecule has 0 radical (unpaired) electrons. The lowest BCUT2D eigenvalue weighted by Crippen LogP contribution is -2.13. The SMILES string of the molecule is Cc1ccsc1S(=O)(=O)Nc1cccc2cc(C(N)=S)[nH]c12. The van der Waals surface area contributed by atoms with E-state index in [1.807, 2.05) is 6.07 Å². The molecule has 0 aliphatic carbocycles. The molecule has 4 N–H and O–H groups in total. The van der Waals surface area contributed by atoms with Crippen molar-refractivity contribution in [3.05, 3.63) is 47.0 Å². The minimum absolute atomic E-state index is 0.235. The third-order valence-electron chi connectivity index (χ3n) is 3.23. The zero-order chi connectivity index (χ0) is 15.9. The van der Waals surface area contributed by atoms with Crippen LogP contribution in [0.4, 0.5) is 5.69 Å². The van der Waals surface area contributed by atoms with Crippen LogP contribution in [0, 0.1) is 6.92 Å². The van der Waals surface area contributed by atoms with E-state index >= 15 is 0 Å². The molecule has 0 aliphatic heterocycles. The van der Waals surface area contributed by atoms with Crippen LogP contribution in [0.3, 0.4) is 0 Å². The fraction of sp³-hybridized carbons (Fsp3) is 0.0714. The fourth-order valence-corrected chi connectivity index (χ4v) is 4.80. The molecular formula is C14H13N3O2S3. The predicted octanol–water partition coefficient (Wildman–Crippen LogP) is 2.97. The molecule has 114 valence electrons. The zero-order valence-corrected chi connectivity index (χ0v) is 14.0. The Labute approximate surface area is 137 Å². The van der Waals surface area contributed by atoms with E-state index in [2.05, 4.69) is 9.71 Å². The van der Waals surface area contributed by atoms with Crippen LogP contribution in [0.5, 0.6) is 0 Å². The highest BCUT2D eigenvalue weighted by Crippen LogP contribution is 2.28. The molecule has 0 atom stereocenters. The van der Waals surface area contributed by atoms with Crippen molar-refractivity contribution in [1.29, 1.82) is 0 Å². The lowest BCUT2D eigenvalue weighted by Gasteiger charge is -2.08. The maximum Gasteiger partial charge on any atom is 0.271 e. The molecule has 0 spiro atoms. The molecule has 0 fully saturated rings. The summed E-state index contributed by atoms with van der Waals surface area (Å²) < 4.78 is 27.9. The second kappa shape index (κ2) is 5.38. The van der Waals surface area contributed by atoms with Gasteiger partial charge in [-0.3, -0.25) is 4.72 Å². The van der Waals surface area contributed by atoms with Gasteiger partial charge in [-0.05, 0) is 36.1 Å². The molecule has 0 unspecified atom stereocenters. The molecule has 3 aromatic rings. The molecule has 0 bridgehead atoms. The van der Waals surface area contributed by atoms with E-state index in [4.69, 9.17) is 18.0 Å².